The number of halogens is 3. The molecule has 0 amide bonds. The summed E-state index contributed by atoms with van der Waals surface area (Å²) in [6.45, 7) is 1.36. The summed E-state index contributed by atoms with van der Waals surface area (Å²) < 4.78 is 58.1. The Hall–Kier alpha value is 1.06. The van der Waals surface area contributed by atoms with E-state index >= 15 is 0 Å². The van der Waals surface area contributed by atoms with Crippen molar-refractivity contribution in [2.45, 2.75) is 146 Å². The fourth-order valence-electron chi connectivity index (χ4n) is 5.55. The van der Waals surface area contributed by atoms with Crippen LogP contribution < -0.4 is 29.6 Å². The fourth-order valence-corrected chi connectivity index (χ4v) is 8.60. The molecule has 1 aromatic rings. The van der Waals surface area contributed by atoms with Crippen LogP contribution in [-0.4, -0.2) is 96.0 Å². The topological polar surface area (TPSA) is 189 Å². The number of rotatable bonds is 25. The van der Waals surface area contributed by atoms with Gasteiger partial charge in [0.25, 0.3) is 0 Å². The molecule has 6 atom stereocenters. The zero-order valence-electron chi connectivity index (χ0n) is 29.6. The van der Waals surface area contributed by atoms with Gasteiger partial charge < -0.3 is 38.8 Å². The fraction of sp³-hybridized carbons (Fsp3) is 0.765. The molecular formula is C34H52I3NaO12S. The van der Waals surface area contributed by atoms with Crippen molar-refractivity contribution in [1.29, 1.82) is 0 Å². The number of esters is 2. The zero-order valence-corrected chi connectivity index (χ0v) is 38.9. The summed E-state index contributed by atoms with van der Waals surface area (Å²) in [6.07, 6.45) is 7.94. The van der Waals surface area contributed by atoms with Crippen molar-refractivity contribution in [3.8, 4) is 0 Å². The summed E-state index contributed by atoms with van der Waals surface area (Å²) in [6, 6.07) is 3.58. The molecule has 1 heterocycles. The van der Waals surface area contributed by atoms with Gasteiger partial charge in [-0.3, -0.25) is 4.79 Å². The van der Waals surface area contributed by atoms with Crippen LogP contribution in [-0.2, 0) is 33.9 Å². The summed E-state index contributed by atoms with van der Waals surface area (Å²) in [7, 11) is -4.86. The van der Waals surface area contributed by atoms with Gasteiger partial charge in [0.15, 0.2) is 12.4 Å². The number of aliphatic hydroxyl groups is 3. The van der Waals surface area contributed by atoms with Crippen molar-refractivity contribution >= 4 is 89.8 Å². The smallest absolute Gasteiger partial charge is 0.748 e. The Bertz CT molecular complexity index is 1280. The first-order valence-electron chi connectivity index (χ1n) is 17.5. The summed E-state index contributed by atoms with van der Waals surface area (Å²) in [4.78, 5) is 25.8. The van der Waals surface area contributed by atoms with Crippen molar-refractivity contribution in [3.05, 3.63) is 28.4 Å². The van der Waals surface area contributed by atoms with Crippen LogP contribution >= 0.6 is 67.8 Å². The van der Waals surface area contributed by atoms with Crippen molar-refractivity contribution in [2.24, 2.45) is 0 Å². The number of carbonyl (C=O) groups excluding carboxylic acids is 2. The Morgan fingerprint density at radius 3 is 1.88 bits per heavy atom. The third kappa shape index (κ3) is 20.7. The van der Waals surface area contributed by atoms with E-state index in [1.54, 1.807) is 6.07 Å². The molecule has 1 aliphatic heterocycles. The Kier molecular flexibility index (Phi) is 27.1. The Morgan fingerprint density at radius 1 is 0.824 bits per heavy atom. The molecule has 288 valence electrons. The number of benzene rings is 1. The molecule has 0 aromatic heterocycles. The second kappa shape index (κ2) is 27.6. The Labute approximate surface area is 366 Å². The molecule has 0 bridgehead atoms. The van der Waals surface area contributed by atoms with Crippen LogP contribution in [0.2, 0.25) is 0 Å². The molecule has 1 aromatic carbocycles. The number of unbranched alkanes of at least 4 members (excludes halogenated alkanes) is 14. The first kappa shape index (κ1) is 50.1. The summed E-state index contributed by atoms with van der Waals surface area (Å²) in [5, 5.41) is 30.7. The molecule has 12 nitrogen and oxygen atoms in total. The third-order valence-corrected chi connectivity index (χ3v) is 12.8. The normalized spacial score (nSPS) is 21.1. The number of hydrogen-bond acceptors (Lipinski definition) is 12. The number of hydrogen-bond donors (Lipinski definition) is 3. The SMILES string of the molecule is CCCCCCCCCCCCCCCCCC(=O)OC(COC(=O)c1cc(I)cc(I)c1I)COC1OC(CS(=O)(=O)[O-])C(O)C(O)C1O.[Na+]. The molecule has 3 N–H and O–H groups in total. The molecule has 1 fully saturated rings. The van der Waals surface area contributed by atoms with Gasteiger partial charge in [0, 0.05) is 17.1 Å². The predicted molar refractivity (Wildman–Crippen MR) is 211 cm³/mol. The van der Waals surface area contributed by atoms with E-state index in [2.05, 4.69) is 52.1 Å². The maximum absolute atomic E-state index is 13.0. The maximum atomic E-state index is 13.0. The Balaban J connectivity index is 0.0000130. The van der Waals surface area contributed by atoms with E-state index in [0.717, 1.165) is 26.4 Å². The third-order valence-electron chi connectivity index (χ3n) is 8.38. The van der Waals surface area contributed by atoms with E-state index in [9.17, 15) is 37.9 Å². The van der Waals surface area contributed by atoms with E-state index in [4.69, 9.17) is 18.9 Å². The average Bonchev–Trinajstić information content (AvgIpc) is 3.05. The molecule has 1 aliphatic rings. The van der Waals surface area contributed by atoms with Crippen LogP contribution in [0, 0.1) is 10.7 Å². The van der Waals surface area contributed by atoms with Crippen molar-refractivity contribution < 1.29 is 86.4 Å². The van der Waals surface area contributed by atoms with Gasteiger partial charge in [-0.25, -0.2) is 13.2 Å². The number of carbonyl (C=O) groups is 2. The maximum Gasteiger partial charge on any atom is 1.00 e. The molecule has 0 aliphatic carbocycles. The van der Waals surface area contributed by atoms with Crippen LogP contribution in [0.5, 0.6) is 0 Å². The van der Waals surface area contributed by atoms with Gasteiger partial charge in [-0.15, -0.1) is 0 Å². The van der Waals surface area contributed by atoms with E-state index < -0.39 is 77.8 Å². The van der Waals surface area contributed by atoms with Crippen molar-refractivity contribution in [1.82, 2.24) is 0 Å². The largest absolute Gasteiger partial charge is 1.00 e. The van der Waals surface area contributed by atoms with Gasteiger partial charge in [-0.05, 0) is 86.3 Å². The summed E-state index contributed by atoms with van der Waals surface area (Å²) in [5.74, 6) is -2.36. The standard InChI is InChI=1S/C34H53I3O12S.Na/c1-2-3-4-5-6-7-8-9-10-11-12-13-14-15-16-17-28(38)48-24(20-46-33(42)25-18-23(35)19-26(36)29(25)37)21-47-34-32(41)31(40)30(39)27(49-34)22-50(43,44)45;/h18-19,24,27,30-32,34,39-41H,2-17,20-22H2,1H3,(H,43,44,45);/q;+1/p-1. The quantitative estimate of drug-likeness (QED) is 0.0325. The molecule has 0 spiro atoms. The molecular weight excluding hydrogens is 1040 g/mol. The van der Waals surface area contributed by atoms with Gasteiger partial charge in [0.1, 0.15) is 31.0 Å². The molecule has 1 saturated heterocycles. The molecule has 0 radical (unpaired) electrons. The molecule has 51 heavy (non-hydrogen) atoms. The van der Waals surface area contributed by atoms with E-state index in [1.807, 2.05) is 28.7 Å². The van der Waals surface area contributed by atoms with E-state index in [-0.39, 0.29) is 36.0 Å². The van der Waals surface area contributed by atoms with Crippen LogP contribution in [0.1, 0.15) is 120 Å². The molecule has 0 saturated carbocycles. The van der Waals surface area contributed by atoms with Gasteiger partial charge in [0.05, 0.1) is 28.0 Å². The minimum absolute atomic E-state index is 0. The van der Waals surface area contributed by atoms with Gasteiger partial charge in [0.2, 0.25) is 0 Å². The second-order valence-corrected chi connectivity index (χ2v) is 17.7. The van der Waals surface area contributed by atoms with Gasteiger partial charge in [-0.1, -0.05) is 96.8 Å². The molecule has 2 rings (SSSR count). The van der Waals surface area contributed by atoms with Gasteiger partial charge in [-0.2, -0.15) is 0 Å². The number of aliphatic hydroxyl groups excluding tert-OH is 3. The second-order valence-electron chi connectivity index (χ2n) is 12.7. The van der Waals surface area contributed by atoms with Crippen LogP contribution in [0.25, 0.3) is 0 Å². The first-order chi connectivity index (χ1) is 23.7. The Morgan fingerprint density at radius 2 is 1.35 bits per heavy atom. The predicted octanol–water partition coefficient (Wildman–Crippen LogP) is 3.20. The van der Waals surface area contributed by atoms with Crippen molar-refractivity contribution in [2.75, 3.05) is 19.0 Å². The van der Waals surface area contributed by atoms with E-state index in [1.165, 1.54) is 70.6 Å². The van der Waals surface area contributed by atoms with Crippen LogP contribution in [0.15, 0.2) is 12.1 Å². The zero-order chi connectivity index (χ0) is 37.1. The minimum atomic E-state index is -4.86. The first-order valence-corrected chi connectivity index (χ1v) is 22.3. The minimum Gasteiger partial charge on any atom is -0.748 e. The van der Waals surface area contributed by atoms with Crippen molar-refractivity contribution in [3.63, 3.8) is 0 Å². The summed E-state index contributed by atoms with van der Waals surface area (Å²) >= 11 is 6.24. The monoisotopic (exact) mass is 1090 g/mol. The van der Waals surface area contributed by atoms with Crippen LogP contribution in [0.3, 0.4) is 0 Å². The van der Waals surface area contributed by atoms with Crippen LogP contribution in [0.4, 0.5) is 0 Å². The van der Waals surface area contributed by atoms with Gasteiger partial charge >= 0.3 is 41.5 Å². The van der Waals surface area contributed by atoms with E-state index in [0.29, 0.717) is 15.6 Å². The average molecular weight is 1090 g/mol. The number of ether oxygens (including phenoxy) is 4. The molecule has 6 unspecified atom stereocenters. The summed E-state index contributed by atoms with van der Waals surface area (Å²) in [5.41, 5.74) is 0.329. The molecule has 17 heteroatoms.